The molecule has 0 bridgehead atoms. The summed E-state index contributed by atoms with van der Waals surface area (Å²) in [5.74, 6) is 0. The first-order valence-electron chi connectivity index (χ1n) is 10.00. The van der Waals surface area contributed by atoms with Crippen molar-refractivity contribution < 1.29 is 26.2 Å². The van der Waals surface area contributed by atoms with Crippen LogP contribution in [0.5, 0.6) is 0 Å². The van der Waals surface area contributed by atoms with Crippen molar-refractivity contribution in [1.29, 1.82) is 0 Å². The Kier molecular flexibility index (Phi) is 11.1. The van der Waals surface area contributed by atoms with E-state index >= 15 is 0 Å². The van der Waals surface area contributed by atoms with Crippen LogP contribution in [0.15, 0.2) is 71.8 Å². The zero-order valence-corrected chi connectivity index (χ0v) is 21.1. The second kappa shape index (κ2) is 12.8. The summed E-state index contributed by atoms with van der Waals surface area (Å²) in [6.45, 7) is 13.0. The fraction of sp³-hybridized carbons (Fsp3) is 0.286. The molecule has 0 N–H and O–H groups in total. The van der Waals surface area contributed by atoms with E-state index in [9.17, 15) is 0 Å². The molecule has 0 unspecified atom stereocenters. The summed E-state index contributed by atoms with van der Waals surface area (Å²) in [6, 6.07) is 20.0. The summed E-state index contributed by atoms with van der Waals surface area (Å²) in [7, 11) is 0. The van der Waals surface area contributed by atoms with Crippen LogP contribution in [0.2, 0.25) is 0 Å². The van der Waals surface area contributed by atoms with Crippen molar-refractivity contribution in [2.24, 2.45) is 0 Å². The zero-order valence-electron chi connectivity index (χ0n) is 18.7. The molecule has 0 atom stereocenters. The van der Waals surface area contributed by atoms with Gasteiger partial charge in [0, 0.05) is 0 Å². The normalized spacial score (nSPS) is 14.8. The third kappa shape index (κ3) is 6.65. The third-order valence-electron chi connectivity index (χ3n) is 5.74. The molecule has 0 saturated heterocycles. The van der Waals surface area contributed by atoms with Crippen LogP contribution in [-0.2, 0) is 39.0 Å². The second-order valence-electron chi connectivity index (χ2n) is 7.19. The van der Waals surface area contributed by atoms with Crippen molar-refractivity contribution in [3.05, 3.63) is 117 Å². The first-order valence-corrected chi connectivity index (χ1v) is 10.00. The molecule has 1 heteroatoms. The fourth-order valence-corrected chi connectivity index (χ4v) is 3.63. The Bertz CT molecular complexity index is 792. The number of hydrogen-bond acceptors (Lipinski definition) is 0. The third-order valence-corrected chi connectivity index (χ3v) is 5.74. The van der Waals surface area contributed by atoms with Crippen molar-refractivity contribution >= 4 is 0 Å². The average molecular weight is 460 g/mol. The largest absolute Gasteiger partial charge is 2.00 e. The Labute approximate surface area is 197 Å². The zero-order chi connectivity index (χ0) is 20.5. The minimum atomic E-state index is 0. The Morgan fingerprint density at radius 2 is 0.897 bits per heavy atom. The van der Waals surface area contributed by atoms with Gasteiger partial charge in [0.05, 0.1) is 0 Å². The van der Waals surface area contributed by atoms with E-state index in [1.807, 2.05) is 74.5 Å². The van der Waals surface area contributed by atoms with E-state index in [1.54, 1.807) is 0 Å². The van der Waals surface area contributed by atoms with E-state index < -0.39 is 0 Å². The Morgan fingerprint density at radius 1 is 0.586 bits per heavy atom. The van der Waals surface area contributed by atoms with Gasteiger partial charge in [-0.2, -0.15) is 36.4 Å². The van der Waals surface area contributed by atoms with Gasteiger partial charge in [0.1, 0.15) is 0 Å². The molecule has 0 amide bonds. The molecule has 0 saturated carbocycles. The minimum absolute atomic E-state index is 0. The predicted octanol–water partition coefficient (Wildman–Crippen LogP) is 7.33. The Balaban J connectivity index is 0.000000311. The monoisotopic (exact) mass is 458 g/mol. The van der Waals surface area contributed by atoms with Gasteiger partial charge in [-0.25, -0.2) is 24.3 Å². The van der Waals surface area contributed by atoms with Crippen LogP contribution in [0.3, 0.4) is 0 Å². The summed E-state index contributed by atoms with van der Waals surface area (Å²) >= 11 is 0. The molecule has 1 aliphatic rings. The van der Waals surface area contributed by atoms with Crippen LogP contribution in [0.4, 0.5) is 0 Å². The topological polar surface area (TPSA) is 0 Å². The molecule has 0 spiro atoms. The first kappa shape index (κ1) is 25.3. The molecule has 4 rings (SSSR count). The number of fused-ring (bicyclic) bond motifs is 1. The molecule has 29 heavy (non-hydrogen) atoms. The van der Waals surface area contributed by atoms with Gasteiger partial charge in [0.25, 0.3) is 0 Å². The number of hydrogen-bond donors (Lipinski definition) is 0. The quantitative estimate of drug-likeness (QED) is 0.309. The number of benzene rings is 1. The van der Waals surface area contributed by atoms with Crippen molar-refractivity contribution in [2.45, 2.75) is 54.4 Å². The molecule has 0 heterocycles. The number of rotatable bonds is 0. The van der Waals surface area contributed by atoms with Crippen LogP contribution >= 0.6 is 0 Å². The van der Waals surface area contributed by atoms with Gasteiger partial charge in [0.2, 0.25) is 0 Å². The van der Waals surface area contributed by atoms with E-state index in [1.165, 1.54) is 44.5 Å². The smallest absolute Gasteiger partial charge is 0.376 e. The van der Waals surface area contributed by atoms with Gasteiger partial charge in [0.15, 0.2) is 0 Å². The molecular formula is C28H32Zr-2. The van der Waals surface area contributed by atoms with Gasteiger partial charge in [-0.1, -0.05) is 11.1 Å². The van der Waals surface area contributed by atoms with Crippen molar-refractivity contribution in [3.8, 4) is 0 Å². The molecule has 0 aromatic heterocycles. The first-order chi connectivity index (χ1) is 13.5. The van der Waals surface area contributed by atoms with E-state index in [2.05, 4.69) is 39.8 Å². The molecule has 0 fully saturated rings. The van der Waals surface area contributed by atoms with Crippen LogP contribution in [0, 0.1) is 39.8 Å². The van der Waals surface area contributed by atoms with Crippen LogP contribution < -0.4 is 0 Å². The average Bonchev–Trinajstić information content (AvgIpc) is 3.48. The van der Waals surface area contributed by atoms with Crippen molar-refractivity contribution in [1.82, 2.24) is 0 Å². The second-order valence-corrected chi connectivity index (χ2v) is 7.19. The maximum atomic E-state index is 3.34. The molecule has 3 aromatic carbocycles. The van der Waals surface area contributed by atoms with Gasteiger partial charge in [-0.15, -0.1) is 26.7 Å². The van der Waals surface area contributed by atoms with Gasteiger partial charge < -0.3 is 23.3 Å². The summed E-state index contributed by atoms with van der Waals surface area (Å²) in [4.78, 5) is 0. The maximum Gasteiger partial charge on any atom is 2.00 e. The van der Waals surface area contributed by atoms with Crippen LogP contribution in [0.25, 0.3) is 0 Å². The van der Waals surface area contributed by atoms with Gasteiger partial charge >= 0.3 is 26.2 Å². The summed E-state index contributed by atoms with van der Waals surface area (Å²) in [5.41, 5.74) is 11.6. The SMILES string of the molecule is C[C-]=C1Cc2c(C)c(C)c(C)c(C)c2CC1=[C-]C.[Zr+2].c1cc[cH-]c1.c1cc[cH-]c1. The molecule has 0 aliphatic heterocycles. The Hall–Kier alpha value is -1.72. The summed E-state index contributed by atoms with van der Waals surface area (Å²) in [5, 5.41) is 0. The van der Waals surface area contributed by atoms with Gasteiger partial charge in [-0.05, 0) is 49.9 Å². The minimum Gasteiger partial charge on any atom is -0.376 e. The molecule has 0 radical (unpaired) electrons. The van der Waals surface area contributed by atoms with Gasteiger partial charge in [-0.3, -0.25) is 0 Å². The van der Waals surface area contributed by atoms with E-state index in [4.69, 9.17) is 0 Å². The standard InChI is InChI=1S/C18H22.2C5H5.Zr/c1-7-15-9-17-13(5)11(3)12(4)14(6)18(17)10-16(15)8-2;2*1-2-4-5-3-1;/h9-10H2,1-6H3;2*1-5H;/q-2;2*-1;+2. The van der Waals surface area contributed by atoms with E-state index in [-0.39, 0.29) is 26.2 Å². The predicted molar refractivity (Wildman–Crippen MR) is 122 cm³/mol. The van der Waals surface area contributed by atoms with E-state index in [0.29, 0.717) is 0 Å². The summed E-state index contributed by atoms with van der Waals surface area (Å²) < 4.78 is 0. The van der Waals surface area contributed by atoms with Crippen molar-refractivity contribution in [2.75, 3.05) is 0 Å². The Morgan fingerprint density at radius 3 is 1.10 bits per heavy atom. The molecular weight excluding hydrogens is 428 g/mol. The fourth-order valence-electron chi connectivity index (χ4n) is 3.63. The van der Waals surface area contributed by atoms with E-state index in [0.717, 1.165) is 12.8 Å². The van der Waals surface area contributed by atoms with Crippen molar-refractivity contribution in [3.63, 3.8) is 0 Å². The van der Waals surface area contributed by atoms with Crippen LogP contribution in [-0.4, -0.2) is 0 Å². The maximum absolute atomic E-state index is 3.34. The molecule has 150 valence electrons. The summed E-state index contributed by atoms with van der Waals surface area (Å²) in [6.07, 6.45) is 8.73. The number of allylic oxidation sites excluding steroid dienone is 4. The molecule has 0 nitrogen and oxygen atoms in total. The molecule has 1 aliphatic carbocycles. The van der Waals surface area contributed by atoms with Crippen LogP contribution in [0.1, 0.15) is 47.2 Å². The molecule has 3 aromatic rings.